The molecule has 0 aliphatic carbocycles. The zero-order valence-corrected chi connectivity index (χ0v) is 11.5. The minimum absolute atomic E-state index is 0.0795. The van der Waals surface area contributed by atoms with E-state index in [4.69, 9.17) is 15.2 Å². The lowest BCUT2D eigenvalue weighted by Gasteiger charge is -2.08. The predicted molar refractivity (Wildman–Crippen MR) is 74.2 cm³/mol. The number of nitrogens with two attached hydrogens (primary N) is 1. The van der Waals surface area contributed by atoms with Crippen molar-refractivity contribution in [2.45, 2.75) is 25.8 Å². The highest BCUT2D eigenvalue weighted by Crippen LogP contribution is 2.31. The molecule has 20 heavy (non-hydrogen) atoms. The Morgan fingerprint density at radius 2 is 2.10 bits per heavy atom. The van der Waals surface area contributed by atoms with E-state index in [-0.39, 0.29) is 6.04 Å². The molecule has 2 heterocycles. The Morgan fingerprint density at radius 1 is 1.30 bits per heavy atom. The molecule has 2 aromatic rings. The molecule has 0 saturated carbocycles. The van der Waals surface area contributed by atoms with Crippen LogP contribution in [0, 0.1) is 0 Å². The van der Waals surface area contributed by atoms with Crippen molar-refractivity contribution in [1.82, 2.24) is 15.0 Å². The summed E-state index contributed by atoms with van der Waals surface area (Å²) in [6, 6.07) is 5.67. The SMILES string of the molecule is CCC(N)c1cn(-c2ccc3c(c2)OCCCO3)nn1. The van der Waals surface area contributed by atoms with Crippen LogP contribution < -0.4 is 15.2 Å². The molecule has 1 aliphatic rings. The molecule has 0 bridgehead atoms. The third kappa shape index (κ3) is 2.46. The predicted octanol–water partition coefficient (Wildman–Crippen LogP) is 1.84. The summed E-state index contributed by atoms with van der Waals surface area (Å²) >= 11 is 0. The van der Waals surface area contributed by atoms with Gasteiger partial charge in [-0.3, -0.25) is 0 Å². The van der Waals surface area contributed by atoms with Gasteiger partial charge in [-0.2, -0.15) is 0 Å². The molecule has 3 rings (SSSR count). The van der Waals surface area contributed by atoms with Crippen LogP contribution in [0.5, 0.6) is 11.5 Å². The van der Waals surface area contributed by atoms with Crippen LogP contribution in [0.4, 0.5) is 0 Å². The minimum atomic E-state index is -0.0795. The third-order valence-corrected chi connectivity index (χ3v) is 3.33. The van der Waals surface area contributed by atoms with Gasteiger partial charge in [0.1, 0.15) is 0 Å². The Bertz CT molecular complexity index is 597. The second kappa shape index (κ2) is 5.50. The van der Waals surface area contributed by atoms with Crippen LogP contribution in [0.2, 0.25) is 0 Å². The van der Waals surface area contributed by atoms with Crippen molar-refractivity contribution in [2.75, 3.05) is 13.2 Å². The summed E-state index contributed by atoms with van der Waals surface area (Å²) < 4.78 is 13.0. The number of hydrogen-bond acceptors (Lipinski definition) is 5. The average molecular weight is 274 g/mol. The van der Waals surface area contributed by atoms with Gasteiger partial charge in [0.15, 0.2) is 11.5 Å². The van der Waals surface area contributed by atoms with Gasteiger partial charge in [-0.05, 0) is 18.6 Å². The molecule has 2 N–H and O–H groups in total. The second-order valence-corrected chi connectivity index (χ2v) is 4.78. The molecule has 1 atom stereocenters. The topological polar surface area (TPSA) is 75.2 Å². The van der Waals surface area contributed by atoms with Crippen molar-refractivity contribution < 1.29 is 9.47 Å². The highest BCUT2D eigenvalue weighted by Gasteiger charge is 2.13. The smallest absolute Gasteiger partial charge is 0.163 e. The summed E-state index contributed by atoms with van der Waals surface area (Å²) in [4.78, 5) is 0. The molecule has 0 saturated heterocycles. The van der Waals surface area contributed by atoms with Gasteiger partial charge < -0.3 is 15.2 Å². The van der Waals surface area contributed by atoms with E-state index in [9.17, 15) is 0 Å². The molecular weight excluding hydrogens is 256 g/mol. The van der Waals surface area contributed by atoms with E-state index < -0.39 is 0 Å². The third-order valence-electron chi connectivity index (χ3n) is 3.33. The highest BCUT2D eigenvalue weighted by molar-refractivity contribution is 5.48. The molecule has 0 spiro atoms. The first-order valence-corrected chi connectivity index (χ1v) is 6.86. The lowest BCUT2D eigenvalue weighted by atomic mass is 10.2. The highest BCUT2D eigenvalue weighted by atomic mass is 16.5. The van der Waals surface area contributed by atoms with Gasteiger partial charge in [-0.25, -0.2) is 4.68 Å². The van der Waals surface area contributed by atoms with Gasteiger partial charge in [0.05, 0.1) is 36.8 Å². The number of benzene rings is 1. The van der Waals surface area contributed by atoms with E-state index in [1.165, 1.54) is 0 Å². The Labute approximate surface area is 117 Å². The quantitative estimate of drug-likeness (QED) is 0.924. The number of hydrogen-bond donors (Lipinski definition) is 1. The van der Waals surface area contributed by atoms with Crippen LogP contribution in [-0.4, -0.2) is 28.2 Å². The summed E-state index contributed by atoms with van der Waals surface area (Å²) in [5.41, 5.74) is 7.63. The normalized spacial score (nSPS) is 15.7. The fraction of sp³-hybridized carbons (Fsp3) is 0.429. The summed E-state index contributed by atoms with van der Waals surface area (Å²) in [7, 11) is 0. The van der Waals surface area contributed by atoms with Crippen LogP contribution in [0.25, 0.3) is 5.69 Å². The van der Waals surface area contributed by atoms with Crippen LogP contribution in [0.1, 0.15) is 31.5 Å². The van der Waals surface area contributed by atoms with Crippen molar-refractivity contribution in [1.29, 1.82) is 0 Å². The fourth-order valence-electron chi connectivity index (χ4n) is 2.08. The number of nitrogens with zero attached hydrogens (tertiary/aromatic N) is 3. The molecular formula is C14H18N4O2. The number of aromatic nitrogens is 3. The van der Waals surface area contributed by atoms with Gasteiger partial charge in [-0.1, -0.05) is 12.1 Å². The van der Waals surface area contributed by atoms with Gasteiger partial charge in [0.2, 0.25) is 0 Å². The van der Waals surface area contributed by atoms with Gasteiger partial charge in [0.25, 0.3) is 0 Å². The molecule has 1 unspecified atom stereocenters. The molecule has 1 aromatic heterocycles. The zero-order valence-electron chi connectivity index (χ0n) is 11.5. The molecule has 0 radical (unpaired) electrons. The maximum Gasteiger partial charge on any atom is 0.163 e. The monoisotopic (exact) mass is 274 g/mol. The first kappa shape index (κ1) is 12.9. The fourth-order valence-corrected chi connectivity index (χ4v) is 2.08. The van der Waals surface area contributed by atoms with Gasteiger partial charge in [0, 0.05) is 12.5 Å². The van der Waals surface area contributed by atoms with Gasteiger partial charge in [-0.15, -0.1) is 5.10 Å². The number of rotatable bonds is 3. The van der Waals surface area contributed by atoms with E-state index >= 15 is 0 Å². The number of ether oxygens (including phenoxy) is 2. The maximum atomic E-state index is 5.96. The molecule has 106 valence electrons. The Balaban J connectivity index is 1.90. The summed E-state index contributed by atoms with van der Waals surface area (Å²) in [6.45, 7) is 3.38. The molecule has 6 heteroatoms. The molecule has 1 aromatic carbocycles. The van der Waals surface area contributed by atoms with Crippen molar-refractivity contribution >= 4 is 0 Å². The summed E-state index contributed by atoms with van der Waals surface area (Å²) in [6.07, 6.45) is 3.58. The van der Waals surface area contributed by atoms with Crippen molar-refractivity contribution in [3.8, 4) is 17.2 Å². The molecule has 0 amide bonds. The van der Waals surface area contributed by atoms with Gasteiger partial charge >= 0.3 is 0 Å². The molecule has 6 nitrogen and oxygen atoms in total. The summed E-state index contributed by atoms with van der Waals surface area (Å²) in [5, 5.41) is 8.23. The van der Waals surface area contributed by atoms with E-state index in [1.54, 1.807) is 4.68 Å². The lowest BCUT2D eigenvalue weighted by molar-refractivity contribution is 0.297. The Hall–Kier alpha value is -2.08. The summed E-state index contributed by atoms with van der Waals surface area (Å²) in [5.74, 6) is 1.52. The maximum absolute atomic E-state index is 5.96. The average Bonchev–Trinajstić information content (AvgIpc) is 2.85. The lowest BCUT2D eigenvalue weighted by Crippen LogP contribution is -2.08. The molecule has 1 aliphatic heterocycles. The van der Waals surface area contributed by atoms with Crippen LogP contribution >= 0.6 is 0 Å². The van der Waals surface area contributed by atoms with Crippen LogP contribution in [0.3, 0.4) is 0 Å². The largest absolute Gasteiger partial charge is 0.490 e. The van der Waals surface area contributed by atoms with Crippen LogP contribution in [0.15, 0.2) is 24.4 Å². The second-order valence-electron chi connectivity index (χ2n) is 4.78. The number of fused-ring (bicyclic) bond motifs is 1. The van der Waals surface area contributed by atoms with Crippen molar-refractivity contribution in [2.24, 2.45) is 5.73 Å². The van der Waals surface area contributed by atoms with E-state index in [0.717, 1.165) is 35.7 Å². The Morgan fingerprint density at radius 3 is 2.90 bits per heavy atom. The van der Waals surface area contributed by atoms with E-state index in [1.807, 2.05) is 31.3 Å². The standard InChI is InChI=1S/C14H18N4O2/c1-2-11(15)12-9-18(17-16-12)10-4-5-13-14(8-10)20-7-3-6-19-13/h4-5,8-9,11H,2-3,6-7,15H2,1H3. The first-order chi connectivity index (χ1) is 9.78. The van der Waals surface area contributed by atoms with Crippen molar-refractivity contribution in [3.63, 3.8) is 0 Å². The van der Waals surface area contributed by atoms with E-state index in [2.05, 4.69) is 10.3 Å². The minimum Gasteiger partial charge on any atom is -0.490 e. The zero-order chi connectivity index (χ0) is 13.9. The first-order valence-electron chi connectivity index (χ1n) is 6.86. The Kier molecular flexibility index (Phi) is 3.56. The molecule has 0 fully saturated rings. The van der Waals surface area contributed by atoms with Crippen molar-refractivity contribution in [3.05, 3.63) is 30.1 Å². The van der Waals surface area contributed by atoms with Crippen LogP contribution in [-0.2, 0) is 0 Å². The van der Waals surface area contributed by atoms with E-state index in [0.29, 0.717) is 13.2 Å².